The van der Waals surface area contributed by atoms with Crippen molar-refractivity contribution < 1.29 is 14.0 Å². The number of halogens is 1. The molecule has 1 saturated heterocycles. The van der Waals surface area contributed by atoms with Crippen LogP contribution in [0.5, 0.6) is 0 Å². The van der Waals surface area contributed by atoms with E-state index in [9.17, 15) is 14.0 Å². The van der Waals surface area contributed by atoms with E-state index in [1.54, 1.807) is 4.90 Å². The highest BCUT2D eigenvalue weighted by Gasteiger charge is 2.44. The van der Waals surface area contributed by atoms with Crippen molar-refractivity contribution in [1.82, 2.24) is 10.2 Å². The molecule has 0 aromatic carbocycles. The normalized spacial score (nSPS) is 26.1. The molecule has 1 aliphatic heterocycles. The number of hydrogen-bond acceptors (Lipinski definition) is 2. The second-order valence-electron chi connectivity index (χ2n) is 6.22. The van der Waals surface area contributed by atoms with E-state index in [-0.39, 0.29) is 24.7 Å². The number of hydrogen-bond donors (Lipinski definition) is 1. The maximum absolute atomic E-state index is 14.5. The highest BCUT2D eigenvalue weighted by atomic mass is 19.1. The predicted octanol–water partition coefficient (Wildman–Crippen LogP) is 1.25. The summed E-state index contributed by atoms with van der Waals surface area (Å²) in [5.41, 5.74) is -1.77. The van der Waals surface area contributed by atoms with Crippen LogP contribution >= 0.6 is 0 Å². The molecule has 0 spiro atoms. The summed E-state index contributed by atoms with van der Waals surface area (Å²) < 4.78 is 14.5. The molecule has 1 heterocycles. The first-order chi connectivity index (χ1) is 9.08. The van der Waals surface area contributed by atoms with Gasteiger partial charge in [-0.05, 0) is 31.6 Å². The Balaban J connectivity index is 1.48. The first-order valence-corrected chi connectivity index (χ1v) is 7.34. The molecule has 0 unspecified atom stereocenters. The van der Waals surface area contributed by atoms with Crippen LogP contribution in [0.15, 0.2) is 0 Å². The minimum Gasteiger partial charge on any atom is -0.353 e. The third kappa shape index (κ3) is 2.90. The second kappa shape index (κ2) is 4.76. The lowest BCUT2D eigenvalue weighted by Gasteiger charge is -2.35. The van der Waals surface area contributed by atoms with Crippen LogP contribution in [-0.4, -0.2) is 42.0 Å². The van der Waals surface area contributed by atoms with E-state index in [1.165, 1.54) is 0 Å². The van der Waals surface area contributed by atoms with Gasteiger partial charge in [0.05, 0.1) is 0 Å². The zero-order valence-electron chi connectivity index (χ0n) is 11.2. The third-order valence-electron chi connectivity index (χ3n) is 4.45. The van der Waals surface area contributed by atoms with E-state index in [0.29, 0.717) is 25.6 Å². The Morgan fingerprint density at radius 2 is 1.79 bits per heavy atom. The van der Waals surface area contributed by atoms with E-state index in [2.05, 4.69) is 5.32 Å². The summed E-state index contributed by atoms with van der Waals surface area (Å²) in [5.74, 6) is 0.415. The molecule has 0 aromatic rings. The van der Waals surface area contributed by atoms with Gasteiger partial charge in [-0.2, -0.15) is 0 Å². The van der Waals surface area contributed by atoms with E-state index < -0.39 is 11.6 Å². The van der Waals surface area contributed by atoms with Crippen molar-refractivity contribution in [3.8, 4) is 0 Å². The average molecular weight is 268 g/mol. The quantitative estimate of drug-likeness (QED) is 0.834. The first-order valence-electron chi connectivity index (χ1n) is 7.34. The maximum atomic E-state index is 14.5. The minimum absolute atomic E-state index is 0.141. The molecule has 106 valence electrons. The Hall–Kier alpha value is -1.13. The van der Waals surface area contributed by atoms with Crippen molar-refractivity contribution in [3.63, 3.8) is 0 Å². The maximum Gasteiger partial charge on any atom is 0.257 e. The van der Waals surface area contributed by atoms with Gasteiger partial charge < -0.3 is 10.2 Å². The van der Waals surface area contributed by atoms with Gasteiger partial charge in [0.1, 0.15) is 0 Å². The summed E-state index contributed by atoms with van der Waals surface area (Å²) in [6.07, 6.45) is 4.51. The number of nitrogens with zero attached hydrogens (tertiary/aromatic N) is 1. The van der Waals surface area contributed by atoms with E-state index in [1.807, 2.05) is 0 Å². The van der Waals surface area contributed by atoms with Gasteiger partial charge in [0.2, 0.25) is 5.91 Å². The fraction of sp³-hybridized carbons (Fsp3) is 0.857. The summed E-state index contributed by atoms with van der Waals surface area (Å²) in [6.45, 7) is 1.36. The van der Waals surface area contributed by atoms with E-state index in [4.69, 9.17) is 0 Å². The molecule has 2 amide bonds. The molecule has 2 saturated carbocycles. The lowest BCUT2D eigenvalue weighted by Crippen LogP contribution is -2.52. The smallest absolute Gasteiger partial charge is 0.257 e. The number of piperidine rings is 1. The average Bonchev–Trinajstić information content (AvgIpc) is 3.29. The molecule has 5 heteroatoms. The van der Waals surface area contributed by atoms with E-state index in [0.717, 1.165) is 25.7 Å². The van der Waals surface area contributed by atoms with Crippen molar-refractivity contribution in [1.29, 1.82) is 0 Å². The Labute approximate surface area is 112 Å². The number of amides is 2. The Morgan fingerprint density at radius 3 is 2.32 bits per heavy atom. The van der Waals surface area contributed by atoms with Gasteiger partial charge in [0.15, 0.2) is 5.67 Å². The van der Waals surface area contributed by atoms with Gasteiger partial charge in [-0.1, -0.05) is 0 Å². The summed E-state index contributed by atoms with van der Waals surface area (Å²) in [4.78, 5) is 25.5. The molecule has 4 nitrogen and oxygen atoms in total. The number of carbonyl (C=O) groups is 2. The highest BCUT2D eigenvalue weighted by molar-refractivity contribution is 5.86. The standard InChI is InChI=1S/C14H21FN2O2/c15-14(13(19)16-9-10-1-2-10)5-7-17(8-6-14)12(18)11-3-4-11/h10-11H,1-9H2,(H,16,19). The lowest BCUT2D eigenvalue weighted by molar-refractivity contribution is -0.142. The van der Waals surface area contributed by atoms with Gasteiger partial charge in [0.25, 0.3) is 5.91 Å². The van der Waals surface area contributed by atoms with Crippen LogP contribution in [0, 0.1) is 11.8 Å². The minimum atomic E-state index is -1.77. The Kier molecular flexibility index (Phi) is 3.23. The second-order valence-corrected chi connectivity index (χ2v) is 6.22. The highest BCUT2D eigenvalue weighted by Crippen LogP contribution is 2.34. The zero-order valence-corrected chi connectivity index (χ0v) is 11.2. The molecule has 0 radical (unpaired) electrons. The molecule has 3 aliphatic rings. The number of alkyl halides is 1. The number of rotatable bonds is 4. The topological polar surface area (TPSA) is 49.4 Å². The molecule has 19 heavy (non-hydrogen) atoms. The van der Waals surface area contributed by atoms with Crippen molar-refractivity contribution in [3.05, 3.63) is 0 Å². The van der Waals surface area contributed by atoms with Gasteiger partial charge in [-0.25, -0.2) is 4.39 Å². The Morgan fingerprint density at radius 1 is 1.16 bits per heavy atom. The van der Waals surface area contributed by atoms with Gasteiger partial charge in [-0.15, -0.1) is 0 Å². The van der Waals surface area contributed by atoms with Crippen molar-refractivity contribution in [2.45, 2.75) is 44.2 Å². The molecule has 1 N–H and O–H groups in total. The third-order valence-corrected chi connectivity index (χ3v) is 4.45. The van der Waals surface area contributed by atoms with Crippen LogP contribution < -0.4 is 5.32 Å². The predicted molar refractivity (Wildman–Crippen MR) is 68.1 cm³/mol. The number of carbonyl (C=O) groups excluding carboxylic acids is 2. The molecular formula is C14H21FN2O2. The number of nitrogens with one attached hydrogen (secondary N) is 1. The molecule has 2 aliphatic carbocycles. The summed E-state index contributed by atoms with van der Waals surface area (Å²) in [7, 11) is 0. The largest absolute Gasteiger partial charge is 0.353 e. The fourth-order valence-electron chi connectivity index (χ4n) is 2.61. The van der Waals surface area contributed by atoms with Crippen LogP contribution in [0.2, 0.25) is 0 Å². The molecule has 0 aromatic heterocycles. The lowest BCUT2D eigenvalue weighted by atomic mass is 9.92. The molecule has 0 bridgehead atoms. The SMILES string of the molecule is O=C(C1CC1)N1CCC(F)(C(=O)NCC2CC2)CC1. The first kappa shape index (κ1) is 12.9. The molecular weight excluding hydrogens is 247 g/mol. The molecule has 3 rings (SSSR count). The van der Waals surface area contributed by atoms with Crippen molar-refractivity contribution in [2.24, 2.45) is 11.8 Å². The Bertz CT molecular complexity index is 383. The van der Waals surface area contributed by atoms with Crippen LogP contribution in [0.25, 0.3) is 0 Å². The monoisotopic (exact) mass is 268 g/mol. The summed E-state index contributed by atoms with van der Waals surface area (Å²) in [6, 6.07) is 0. The van der Waals surface area contributed by atoms with Gasteiger partial charge in [-0.3, -0.25) is 9.59 Å². The van der Waals surface area contributed by atoms with Gasteiger partial charge >= 0.3 is 0 Å². The zero-order chi connectivity index (χ0) is 13.5. The molecule has 3 fully saturated rings. The molecule has 0 atom stereocenters. The van der Waals surface area contributed by atoms with Crippen LogP contribution in [-0.2, 0) is 9.59 Å². The van der Waals surface area contributed by atoms with E-state index >= 15 is 0 Å². The van der Waals surface area contributed by atoms with Crippen LogP contribution in [0.1, 0.15) is 38.5 Å². The number of likely N-dealkylation sites (tertiary alicyclic amines) is 1. The van der Waals surface area contributed by atoms with Crippen LogP contribution in [0.3, 0.4) is 0 Å². The van der Waals surface area contributed by atoms with Crippen LogP contribution in [0.4, 0.5) is 4.39 Å². The van der Waals surface area contributed by atoms with Crippen molar-refractivity contribution >= 4 is 11.8 Å². The summed E-state index contributed by atoms with van der Waals surface area (Å²) in [5, 5.41) is 2.72. The summed E-state index contributed by atoms with van der Waals surface area (Å²) >= 11 is 0. The van der Waals surface area contributed by atoms with Crippen molar-refractivity contribution in [2.75, 3.05) is 19.6 Å². The van der Waals surface area contributed by atoms with Gasteiger partial charge in [0, 0.05) is 38.4 Å². The fourth-order valence-corrected chi connectivity index (χ4v) is 2.61.